The molecule has 2 saturated carbocycles. The van der Waals surface area contributed by atoms with Crippen LogP contribution in [0.25, 0.3) is 0 Å². The van der Waals surface area contributed by atoms with Crippen molar-refractivity contribution >= 4 is 0 Å². The summed E-state index contributed by atoms with van der Waals surface area (Å²) in [5.74, 6) is 0.968. The van der Waals surface area contributed by atoms with Crippen LogP contribution in [0, 0.1) is 11.3 Å². The number of nitrogens with one attached hydrogen (secondary N) is 1. The van der Waals surface area contributed by atoms with Gasteiger partial charge in [0.05, 0.1) is 0 Å². The van der Waals surface area contributed by atoms with Gasteiger partial charge in [0.15, 0.2) is 0 Å². The molecule has 0 aromatic carbocycles. The normalized spacial score (nSPS) is 29.4. The minimum absolute atomic E-state index is 0.606. The van der Waals surface area contributed by atoms with Crippen LogP contribution in [0.2, 0.25) is 0 Å². The lowest BCUT2D eigenvalue weighted by Crippen LogP contribution is -2.43. The molecule has 0 saturated heterocycles. The molecular formula is C15H29N. The molecule has 0 spiro atoms. The van der Waals surface area contributed by atoms with Crippen LogP contribution in [-0.2, 0) is 0 Å². The van der Waals surface area contributed by atoms with Crippen LogP contribution in [-0.4, -0.2) is 12.1 Å². The second-order valence-electron chi connectivity index (χ2n) is 6.94. The summed E-state index contributed by atoms with van der Waals surface area (Å²) in [6.07, 6.45) is 11.5. The highest BCUT2D eigenvalue weighted by molar-refractivity contribution is 4.86. The van der Waals surface area contributed by atoms with E-state index in [1.54, 1.807) is 0 Å². The van der Waals surface area contributed by atoms with E-state index in [9.17, 15) is 0 Å². The molecule has 0 aromatic rings. The Hall–Kier alpha value is -0.0400. The minimum atomic E-state index is 0.606. The lowest BCUT2D eigenvalue weighted by atomic mass is 9.75. The molecule has 0 amide bonds. The maximum absolute atomic E-state index is 3.90. The van der Waals surface area contributed by atoms with Gasteiger partial charge in [0.25, 0.3) is 0 Å². The smallest absolute Gasteiger partial charge is 0.00700 e. The molecule has 1 atom stereocenters. The molecule has 16 heavy (non-hydrogen) atoms. The van der Waals surface area contributed by atoms with Crippen molar-refractivity contribution in [1.82, 2.24) is 5.32 Å². The topological polar surface area (TPSA) is 12.0 Å². The summed E-state index contributed by atoms with van der Waals surface area (Å²) in [5.41, 5.74) is 0.606. The molecule has 1 nitrogen and oxygen atoms in total. The second-order valence-corrected chi connectivity index (χ2v) is 6.94. The molecule has 2 aliphatic rings. The van der Waals surface area contributed by atoms with Crippen molar-refractivity contribution in [3.05, 3.63) is 0 Å². The predicted molar refractivity (Wildman–Crippen MR) is 70.6 cm³/mol. The number of hydrogen-bond donors (Lipinski definition) is 1. The van der Waals surface area contributed by atoms with Crippen molar-refractivity contribution in [2.75, 3.05) is 0 Å². The third-order valence-corrected chi connectivity index (χ3v) is 4.94. The molecule has 2 aliphatic carbocycles. The Bertz CT molecular complexity index is 205. The van der Waals surface area contributed by atoms with Crippen LogP contribution in [0.1, 0.15) is 72.1 Å². The molecule has 94 valence electrons. The first-order valence-electron chi connectivity index (χ1n) is 7.33. The van der Waals surface area contributed by atoms with Crippen LogP contribution in [0.3, 0.4) is 0 Å². The van der Waals surface area contributed by atoms with Gasteiger partial charge >= 0.3 is 0 Å². The molecule has 2 fully saturated rings. The number of rotatable bonds is 3. The Kier molecular flexibility index (Phi) is 3.94. The molecule has 0 aromatic heterocycles. The summed E-state index contributed by atoms with van der Waals surface area (Å²) >= 11 is 0. The highest BCUT2D eigenvalue weighted by Gasteiger charge is 2.29. The largest absolute Gasteiger partial charge is 0.311 e. The maximum Gasteiger partial charge on any atom is 0.00700 e. The highest BCUT2D eigenvalue weighted by atomic mass is 15.0. The lowest BCUT2D eigenvalue weighted by molar-refractivity contribution is 0.190. The van der Waals surface area contributed by atoms with Gasteiger partial charge in [-0.3, -0.25) is 0 Å². The van der Waals surface area contributed by atoms with Crippen molar-refractivity contribution in [1.29, 1.82) is 0 Å². The van der Waals surface area contributed by atoms with Gasteiger partial charge < -0.3 is 5.32 Å². The van der Waals surface area contributed by atoms with Crippen molar-refractivity contribution in [2.24, 2.45) is 11.3 Å². The summed E-state index contributed by atoms with van der Waals surface area (Å²) in [4.78, 5) is 0. The maximum atomic E-state index is 3.90. The summed E-state index contributed by atoms with van der Waals surface area (Å²) in [7, 11) is 0. The molecular weight excluding hydrogens is 194 g/mol. The number of hydrogen-bond acceptors (Lipinski definition) is 1. The molecule has 1 N–H and O–H groups in total. The van der Waals surface area contributed by atoms with Crippen LogP contribution in [0.4, 0.5) is 0 Å². The fraction of sp³-hybridized carbons (Fsp3) is 1.00. The minimum Gasteiger partial charge on any atom is -0.311 e. The van der Waals surface area contributed by atoms with E-state index in [1.165, 1.54) is 51.4 Å². The molecule has 0 aliphatic heterocycles. The Balaban J connectivity index is 1.73. The van der Waals surface area contributed by atoms with Crippen LogP contribution >= 0.6 is 0 Å². The van der Waals surface area contributed by atoms with Crippen LogP contribution in [0.5, 0.6) is 0 Å². The first-order valence-corrected chi connectivity index (χ1v) is 7.33. The standard InChI is InChI=1S/C15H29N/c1-12(13-6-4-5-7-13)16-14-8-10-15(2,3)11-9-14/h12-14,16H,4-11H2,1-3H3/t12-/m0/s1. The molecule has 0 unspecified atom stereocenters. The summed E-state index contributed by atoms with van der Waals surface area (Å²) in [5, 5.41) is 3.90. The Labute approximate surface area is 101 Å². The monoisotopic (exact) mass is 223 g/mol. The zero-order chi connectivity index (χ0) is 11.6. The van der Waals surface area contributed by atoms with Crippen molar-refractivity contribution in [3.8, 4) is 0 Å². The van der Waals surface area contributed by atoms with E-state index >= 15 is 0 Å². The SMILES string of the molecule is C[C@H](NC1CCC(C)(C)CC1)C1CCCC1. The van der Waals surface area contributed by atoms with Gasteiger partial charge in [0, 0.05) is 12.1 Å². The lowest BCUT2D eigenvalue weighted by Gasteiger charge is -2.37. The molecule has 0 radical (unpaired) electrons. The Morgan fingerprint density at radius 2 is 1.56 bits per heavy atom. The highest BCUT2D eigenvalue weighted by Crippen LogP contribution is 2.36. The van der Waals surface area contributed by atoms with Crippen molar-refractivity contribution in [2.45, 2.75) is 84.2 Å². The van der Waals surface area contributed by atoms with Gasteiger partial charge in [-0.15, -0.1) is 0 Å². The van der Waals surface area contributed by atoms with Gasteiger partial charge in [-0.25, -0.2) is 0 Å². The van der Waals surface area contributed by atoms with E-state index in [4.69, 9.17) is 0 Å². The molecule has 0 bridgehead atoms. The first-order chi connectivity index (χ1) is 7.57. The average molecular weight is 223 g/mol. The van der Waals surface area contributed by atoms with E-state index in [0.717, 1.165) is 18.0 Å². The summed E-state index contributed by atoms with van der Waals surface area (Å²) < 4.78 is 0. The third-order valence-electron chi connectivity index (χ3n) is 4.94. The van der Waals surface area contributed by atoms with Crippen molar-refractivity contribution in [3.63, 3.8) is 0 Å². The van der Waals surface area contributed by atoms with Gasteiger partial charge in [0.1, 0.15) is 0 Å². The third kappa shape index (κ3) is 3.23. The van der Waals surface area contributed by atoms with Gasteiger partial charge in [-0.05, 0) is 56.8 Å². The fourth-order valence-electron chi connectivity index (χ4n) is 3.53. The van der Waals surface area contributed by atoms with Gasteiger partial charge in [-0.1, -0.05) is 26.7 Å². The second kappa shape index (κ2) is 5.08. The average Bonchev–Trinajstić information content (AvgIpc) is 2.74. The van der Waals surface area contributed by atoms with E-state index in [0.29, 0.717) is 5.41 Å². The van der Waals surface area contributed by atoms with Gasteiger partial charge in [-0.2, -0.15) is 0 Å². The van der Waals surface area contributed by atoms with Gasteiger partial charge in [0.2, 0.25) is 0 Å². The predicted octanol–water partition coefficient (Wildman–Crippen LogP) is 4.12. The molecule has 0 heterocycles. The first kappa shape index (κ1) is 12.4. The van der Waals surface area contributed by atoms with E-state index < -0.39 is 0 Å². The zero-order valence-electron chi connectivity index (χ0n) is 11.4. The fourth-order valence-corrected chi connectivity index (χ4v) is 3.53. The van der Waals surface area contributed by atoms with E-state index in [2.05, 4.69) is 26.1 Å². The molecule has 1 heteroatoms. The zero-order valence-corrected chi connectivity index (χ0v) is 11.4. The Morgan fingerprint density at radius 1 is 1.00 bits per heavy atom. The summed E-state index contributed by atoms with van der Waals surface area (Å²) in [6.45, 7) is 7.25. The van der Waals surface area contributed by atoms with Crippen LogP contribution < -0.4 is 5.32 Å². The molecule has 2 rings (SSSR count). The van der Waals surface area contributed by atoms with E-state index in [1.807, 2.05) is 0 Å². The quantitative estimate of drug-likeness (QED) is 0.759. The summed E-state index contributed by atoms with van der Waals surface area (Å²) in [6, 6.07) is 1.57. The van der Waals surface area contributed by atoms with Crippen LogP contribution in [0.15, 0.2) is 0 Å². The Morgan fingerprint density at radius 3 is 2.12 bits per heavy atom. The van der Waals surface area contributed by atoms with E-state index in [-0.39, 0.29) is 0 Å². The van der Waals surface area contributed by atoms with Crippen molar-refractivity contribution < 1.29 is 0 Å².